The Morgan fingerprint density at radius 2 is 2.06 bits per heavy atom. The van der Waals surface area contributed by atoms with Crippen molar-refractivity contribution in [3.63, 3.8) is 0 Å². The van der Waals surface area contributed by atoms with Gasteiger partial charge in [-0.2, -0.15) is 11.3 Å². The van der Waals surface area contributed by atoms with Crippen LogP contribution in [0.1, 0.15) is 15.9 Å². The summed E-state index contributed by atoms with van der Waals surface area (Å²) in [5, 5.41) is 6.69. The Labute approximate surface area is 115 Å². The minimum atomic E-state index is 0.0146. The van der Waals surface area contributed by atoms with Gasteiger partial charge in [0.2, 0.25) is 0 Å². The third kappa shape index (κ3) is 3.89. The Hall–Kier alpha value is -1.26. The summed E-state index contributed by atoms with van der Waals surface area (Å²) in [6.07, 6.45) is 0. The maximum atomic E-state index is 11.6. The third-order valence-electron chi connectivity index (χ3n) is 2.46. The molecule has 1 aromatic heterocycles. The van der Waals surface area contributed by atoms with Crippen molar-refractivity contribution >= 4 is 29.0 Å². The summed E-state index contributed by atoms with van der Waals surface area (Å²) in [5.41, 5.74) is 2.02. The average Bonchev–Trinajstić information content (AvgIpc) is 2.90. The maximum Gasteiger partial charge on any atom is 0.252 e. The molecule has 0 radical (unpaired) electrons. The lowest BCUT2D eigenvalue weighted by molar-refractivity contribution is 0.0956. The number of carbonyl (C=O) groups is 1. The van der Waals surface area contributed by atoms with Crippen LogP contribution in [0.25, 0.3) is 0 Å². The van der Waals surface area contributed by atoms with Gasteiger partial charge in [0.1, 0.15) is 0 Å². The van der Waals surface area contributed by atoms with Gasteiger partial charge in [-0.1, -0.05) is 17.7 Å². The molecule has 0 fully saturated rings. The molecule has 18 heavy (non-hydrogen) atoms. The molecule has 0 unspecified atom stereocenters. The minimum Gasteiger partial charge on any atom is -0.351 e. The first kappa shape index (κ1) is 13.2. The van der Waals surface area contributed by atoms with Crippen LogP contribution in [0, 0.1) is 6.92 Å². The number of hydrogen-bond acceptors (Lipinski definition) is 3. The van der Waals surface area contributed by atoms with Crippen molar-refractivity contribution in [3.8, 4) is 0 Å². The monoisotopic (exact) mass is 277 g/mol. The molecule has 2 aromatic rings. The number of carbonyl (C=O) groups excluding carboxylic acids is 1. The van der Waals surface area contributed by atoms with E-state index in [1.165, 1.54) is 21.8 Å². The van der Waals surface area contributed by atoms with E-state index in [0.29, 0.717) is 6.54 Å². The zero-order valence-corrected chi connectivity index (χ0v) is 11.8. The molecule has 2 rings (SSSR count). The second kappa shape index (κ2) is 6.61. The number of nitrogens with one attached hydrogen (secondary N) is 1. The van der Waals surface area contributed by atoms with E-state index in [9.17, 15) is 4.79 Å². The fourth-order valence-corrected chi connectivity index (χ4v) is 2.87. The van der Waals surface area contributed by atoms with Crippen LogP contribution < -0.4 is 5.32 Å². The molecular weight excluding hydrogens is 262 g/mol. The van der Waals surface area contributed by atoms with Crippen molar-refractivity contribution in [2.75, 3.05) is 12.3 Å². The average molecular weight is 277 g/mol. The standard InChI is InChI=1S/C14H15NOS2/c1-11-2-4-13(5-3-11)18-9-7-15-14(16)12-6-8-17-10-12/h2-6,8,10H,7,9H2,1H3,(H,15,16). The second-order valence-corrected chi connectivity index (χ2v) is 5.88. The highest BCUT2D eigenvalue weighted by atomic mass is 32.2. The smallest absolute Gasteiger partial charge is 0.252 e. The Morgan fingerprint density at radius 3 is 2.72 bits per heavy atom. The number of thioether (sulfide) groups is 1. The predicted molar refractivity (Wildman–Crippen MR) is 78.6 cm³/mol. The van der Waals surface area contributed by atoms with Crippen molar-refractivity contribution in [1.29, 1.82) is 0 Å². The van der Waals surface area contributed by atoms with Crippen molar-refractivity contribution in [2.24, 2.45) is 0 Å². The number of amides is 1. The summed E-state index contributed by atoms with van der Waals surface area (Å²) in [5.74, 6) is 0.902. The van der Waals surface area contributed by atoms with E-state index in [4.69, 9.17) is 0 Å². The van der Waals surface area contributed by atoms with E-state index in [0.717, 1.165) is 11.3 Å². The zero-order valence-electron chi connectivity index (χ0n) is 10.2. The zero-order chi connectivity index (χ0) is 12.8. The van der Waals surface area contributed by atoms with E-state index in [1.807, 2.05) is 16.8 Å². The molecule has 1 amide bonds. The summed E-state index contributed by atoms with van der Waals surface area (Å²) >= 11 is 3.30. The molecule has 1 aromatic carbocycles. The molecule has 4 heteroatoms. The number of hydrogen-bond donors (Lipinski definition) is 1. The SMILES string of the molecule is Cc1ccc(SCCNC(=O)c2ccsc2)cc1. The van der Waals surface area contributed by atoms with Crippen LogP contribution in [0.2, 0.25) is 0 Å². The van der Waals surface area contributed by atoms with Gasteiger partial charge in [0, 0.05) is 28.1 Å². The van der Waals surface area contributed by atoms with Gasteiger partial charge in [-0.25, -0.2) is 0 Å². The molecule has 1 heterocycles. The normalized spacial score (nSPS) is 10.3. The molecule has 2 nitrogen and oxygen atoms in total. The summed E-state index contributed by atoms with van der Waals surface area (Å²) < 4.78 is 0. The first-order chi connectivity index (χ1) is 8.75. The van der Waals surface area contributed by atoms with Gasteiger partial charge in [-0.3, -0.25) is 4.79 Å². The lowest BCUT2D eigenvalue weighted by Gasteiger charge is -2.04. The Bertz CT molecular complexity index is 491. The van der Waals surface area contributed by atoms with E-state index < -0.39 is 0 Å². The minimum absolute atomic E-state index is 0.0146. The molecule has 0 aliphatic heterocycles. The maximum absolute atomic E-state index is 11.6. The van der Waals surface area contributed by atoms with E-state index in [-0.39, 0.29) is 5.91 Å². The number of aryl methyl sites for hydroxylation is 1. The number of thiophene rings is 1. The van der Waals surface area contributed by atoms with Crippen LogP contribution >= 0.6 is 23.1 Å². The second-order valence-electron chi connectivity index (χ2n) is 3.93. The third-order valence-corrected chi connectivity index (χ3v) is 4.16. The molecule has 1 N–H and O–H groups in total. The molecule has 0 aliphatic carbocycles. The summed E-state index contributed by atoms with van der Waals surface area (Å²) in [6.45, 7) is 2.77. The van der Waals surface area contributed by atoms with Crippen LogP contribution in [-0.4, -0.2) is 18.2 Å². The lowest BCUT2D eigenvalue weighted by Crippen LogP contribution is -2.25. The molecule has 0 saturated heterocycles. The summed E-state index contributed by atoms with van der Waals surface area (Å²) in [7, 11) is 0. The van der Waals surface area contributed by atoms with Gasteiger partial charge in [-0.05, 0) is 30.5 Å². The van der Waals surface area contributed by atoms with Gasteiger partial charge in [0.05, 0.1) is 0 Å². The molecular formula is C14H15NOS2. The fraction of sp³-hybridized carbons (Fsp3) is 0.214. The summed E-state index contributed by atoms with van der Waals surface area (Å²) in [4.78, 5) is 12.9. The Kier molecular flexibility index (Phi) is 4.84. The van der Waals surface area contributed by atoms with Gasteiger partial charge in [0.25, 0.3) is 5.91 Å². The quantitative estimate of drug-likeness (QED) is 0.668. The lowest BCUT2D eigenvalue weighted by atomic mass is 10.2. The van der Waals surface area contributed by atoms with E-state index in [2.05, 4.69) is 36.5 Å². The summed E-state index contributed by atoms with van der Waals surface area (Å²) in [6, 6.07) is 10.3. The van der Waals surface area contributed by atoms with Gasteiger partial charge in [0.15, 0.2) is 0 Å². The number of benzene rings is 1. The molecule has 0 aliphatic rings. The van der Waals surface area contributed by atoms with Gasteiger partial charge in [-0.15, -0.1) is 11.8 Å². The molecule has 0 spiro atoms. The van der Waals surface area contributed by atoms with Gasteiger partial charge >= 0.3 is 0 Å². The van der Waals surface area contributed by atoms with Crippen LogP contribution in [0.4, 0.5) is 0 Å². The van der Waals surface area contributed by atoms with Crippen molar-refractivity contribution in [1.82, 2.24) is 5.32 Å². The van der Waals surface area contributed by atoms with E-state index >= 15 is 0 Å². The molecule has 0 saturated carbocycles. The largest absolute Gasteiger partial charge is 0.351 e. The van der Waals surface area contributed by atoms with E-state index in [1.54, 1.807) is 11.8 Å². The highest BCUT2D eigenvalue weighted by Gasteiger charge is 2.04. The van der Waals surface area contributed by atoms with Crippen LogP contribution in [0.3, 0.4) is 0 Å². The fourth-order valence-electron chi connectivity index (χ4n) is 1.46. The van der Waals surface area contributed by atoms with Crippen molar-refractivity contribution in [2.45, 2.75) is 11.8 Å². The Balaban J connectivity index is 1.70. The van der Waals surface area contributed by atoms with Crippen molar-refractivity contribution in [3.05, 3.63) is 52.2 Å². The Morgan fingerprint density at radius 1 is 1.28 bits per heavy atom. The topological polar surface area (TPSA) is 29.1 Å². The highest BCUT2D eigenvalue weighted by Crippen LogP contribution is 2.17. The van der Waals surface area contributed by atoms with Crippen LogP contribution in [-0.2, 0) is 0 Å². The van der Waals surface area contributed by atoms with Crippen LogP contribution in [0.15, 0.2) is 46.0 Å². The number of rotatable bonds is 5. The predicted octanol–water partition coefficient (Wildman–Crippen LogP) is 3.58. The van der Waals surface area contributed by atoms with Crippen molar-refractivity contribution < 1.29 is 4.79 Å². The first-order valence-electron chi connectivity index (χ1n) is 5.75. The molecule has 0 bridgehead atoms. The van der Waals surface area contributed by atoms with Gasteiger partial charge < -0.3 is 5.32 Å². The highest BCUT2D eigenvalue weighted by molar-refractivity contribution is 7.99. The molecule has 0 atom stereocenters. The van der Waals surface area contributed by atoms with Crippen LogP contribution in [0.5, 0.6) is 0 Å². The first-order valence-corrected chi connectivity index (χ1v) is 7.68. The molecule has 94 valence electrons.